The summed E-state index contributed by atoms with van der Waals surface area (Å²) in [6.07, 6.45) is 0.121. The van der Waals surface area contributed by atoms with Gasteiger partial charge in [-0.2, -0.15) is 0 Å². The van der Waals surface area contributed by atoms with E-state index in [1.165, 1.54) is 0 Å². The maximum atomic E-state index is 12.5. The van der Waals surface area contributed by atoms with E-state index in [0.717, 1.165) is 18.6 Å². The monoisotopic (exact) mass is 382 g/mol. The maximum Gasteiger partial charge on any atom is 0.408 e. The first-order valence-electron chi connectivity index (χ1n) is 8.84. The van der Waals surface area contributed by atoms with Gasteiger partial charge in [0, 0.05) is 36.5 Å². The highest BCUT2D eigenvalue weighted by Crippen LogP contribution is 2.21. The number of ether oxygens (including phenoxy) is 2. The van der Waals surface area contributed by atoms with Crippen molar-refractivity contribution in [3.8, 4) is 5.75 Å². The van der Waals surface area contributed by atoms with Crippen molar-refractivity contribution in [2.24, 2.45) is 0 Å². The molecular formula is C19H27ClN2O4. The molecular weight excluding hydrogens is 356 g/mol. The van der Waals surface area contributed by atoms with Crippen LogP contribution in [0, 0.1) is 0 Å². The number of hydrogen-bond donors (Lipinski definition) is 1. The Kier molecular flexibility index (Phi) is 6.75. The van der Waals surface area contributed by atoms with Crippen molar-refractivity contribution in [2.45, 2.75) is 58.3 Å². The minimum Gasteiger partial charge on any atom is -0.490 e. The molecule has 0 aliphatic carbocycles. The molecule has 1 aliphatic heterocycles. The number of carbonyl (C=O) groups is 2. The Hall–Kier alpha value is -1.95. The van der Waals surface area contributed by atoms with Gasteiger partial charge in [0.05, 0.1) is 0 Å². The second kappa shape index (κ2) is 8.62. The summed E-state index contributed by atoms with van der Waals surface area (Å²) in [7, 11) is 0. The first-order valence-corrected chi connectivity index (χ1v) is 9.21. The molecule has 1 fully saturated rings. The molecule has 1 N–H and O–H groups in total. The second-order valence-corrected chi connectivity index (χ2v) is 7.96. The Labute approximate surface area is 159 Å². The Morgan fingerprint density at radius 3 is 2.31 bits per heavy atom. The highest BCUT2D eigenvalue weighted by molar-refractivity contribution is 6.30. The molecule has 0 spiro atoms. The molecule has 1 aromatic carbocycles. The molecule has 2 amide bonds. The second-order valence-electron chi connectivity index (χ2n) is 7.52. The summed E-state index contributed by atoms with van der Waals surface area (Å²) in [4.78, 5) is 26.0. The van der Waals surface area contributed by atoms with Gasteiger partial charge in [-0.15, -0.1) is 0 Å². The summed E-state index contributed by atoms with van der Waals surface area (Å²) in [6, 6.07) is 7.25. The minimum absolute atomic E-state index is 0.0561. The summed E-state index contributed by atoms with van der Waals surface area (Å²) >= 11 is 5.87. The van der Waals surface area contributed by atoms with Crippen LogP contribution in [0.3, 0.4) is 0 Å². The number of likely N-dealkylation sites (tertiary alicyclic amines) is 1. The molecule has 1 saturated heterocycles. The van der Waals surface area contributed by atoms with Crippen LogP contribution in [-0.2, 0) is 9.53 Å². The SMILES string of the molecule is CC(OC(=O)NC(C)(C)C)C(=O)N1CCC(Oc2ccc(Cl)cc2)CC1. The normalized spacial score (nSPS) is 16.7. The summed E-state index contributed by atoms with van der Waals surface area (Å²) in [6.45, 7) is 8.31. The molecule has 7 heteroatoms. The zero-order chi connectivity index (χ0) is 19.3. The van der Waals surface area contributed by atoms with E-state index in [1.807, 2.05) is 32.9 Å². The highest BCUT2D eigenvalue weighted by Gasteiger charge is 2.29. The molecule has 1 atom stereocenters. The Balaban J connectivity index is 1.78. The van der Waals surface area contributed by atoms with Crippen molar-refractivity contribution in [2.75, 3.05) is 13.1 Å². The molecule has 1 aromatic rings. The number of piperidine rings is 1. The van der Waals surface area contributed by atoms with Crippen LogP contribution < -0.4 is 10.1 Å². The molecule has 0 saturated carbocycles. The fourth-order valence-corrected chi connectivity index (χ4v) is 2.83. The van der Waals surface area contributed by atoms with Gasteiger partial charge in [-0.25, -0.2) is 4.79 Å². The number of nitrogens with one attached hydrogen (secondary N) is 1. The van der Waals surface area contributed by atoms with Crippen molar-refractivity contribution in [3.63, 3.8) is 0 Å². The number of alkyl carbamates (subject to hydrolysis) is 1. The average molecular weight is 383 g/mol. The van der Waals surface area contributed by atoms with Gasteiger partial charge in [-0.1, -0.05) is 11.6 Å². The molecule has 144 valence electrons. The Bertz CT molecular complexity index is 619. The molecule has 0 bridgehead atoms. The maximum absolute atomic E-state index is 12.5. The Morgan fingerprint density at radius 1 is 1.19 bits per heavy atom. The number of rotatable bonds is 4. The van der Waals surface area contributed by atoms with Crippen molar-refractivity contribution in [3.05, 3.63) is 29.3 Å². The van der Waals surface area contributed by atoms with Gasteiger partial charge < -0.3 is 19.7 Å². The summed E-state index contributed by atoms with van der Waals surface area (Å²) < 4.78 is 11.1. The first kappa shape index (κ1) is 20.4. The topological polar surface area (TPSA) is 67.9 Å². The smallest absolute Gasteiger partial charge is 0.408 e. The number of halogens is 1. The fraction of sp³-hybridized carbons (Fsp3) is 0.579. The molecule has 1 heterocycles. The molecule has 0 radical (unpaired) electrons. The lowest BCUT2D eigenvalue weighted by molar-refractivity contribution is -0.141. The zero-order valence-electron chi connectivity index (χ0n) is 15.8. The lowest BCUT2D eigenvalue weighted by Crippen LogP contribution is -2.48. The van der Waals surface area contributed by atoms with Crippen molar-refractivity contribution < 1.29 is 19.1 Å². The van der Waals surface area contributed by atoms with Crippen LogP contribution in [0.25, 0.3) is 0 Å². The predicted molar refractivity (Wildman–Crippen MR) is 101 cm³/mol. The number of hydrogen-bond acceptors (Lipinski definition) is 4. The van der Waals surface area contributed by atoms with Crippen LogP contribution in [-0.4, -0.2) is 47.7 Å². The number of amides is 2. The van der Waals surface area contributed by atoms with Crippen molar-refractivity contribution >= 4 is 23.6 Å². The van der Waals surface area contributed by atoms with Gasteiger partial charge in [-0.05, 0) is 52.0 Å². The van der Waals surface area contributed by atoms with Gasteiger partial charge >= 0.3 is 6.09 Å². The largest absolute Gasteiger partial charge is 0.490 e. The third kappa shape index (κ3) is 6.41. The molecule has 6 nitrogen and oxygen atoms in total. The predicted octanol–water partition coefficient (Wildman–Crippen LogP) is 3.62. The quantitative estimate of drug-likeness (QED) is 0.863. The van der Waals surface area contributed by atoms with Crippen molar-refractivity contribution in [1.29, 1.82) is 0 Å². The molecule has 26 heavy (non-hydrogen) atoms. The van der Waals surface area contributed by atoms with Gasteiger partial charge in [-0.3, -0.25) is 4.79 Å². The van der Waals surface area contributed by atoms with Crippen LogP contribution >= 0.6 is 11.6 Å². The van der Waals surface area contributed by atoms with E-state index >= 15 is 0 Å². The number of benzene rings is 1. The lowest BCUT2D eigenvalue weighted by atomic mass is 10.1. The van der Waals surface area contributed by atoms with E-state index in [0.29, 0.717) is 18.1 Å². The van der Waals surface area contributed by atoms with Crippen LogP contribution in [0.2, 0.25) is 5.02 Å². The van der Waals surface area contributed by atoms with E-state index < -0.39 is 17.7 Å². The highest BCUT2D eigenvalue weighted by atomic mass is 35.5. The molecule has 0 aromatic heterocycles. The van der Waals surface area contributed by atoms with Crippen LogP contribution in [0.4, 0.5) is 4.79 Å². The van der Waals surface area contributed by atoms with Gasteiger partial charge in [0.15, 0.2) is 6.10 Å². The standard InChI is InChI=1S/C19H27ClN2O4/c1-13(25-18(24)21-19(2,3)4)17(23)22-11-9-16(10-12-22)26-15-7-5-14(20)6-8-15/h5-8,13,16H,9-12H2,1-4H3,(H,21,24). The summed E-state index contributed by atoms with van der Waals surface area (Å²) in [5.74, 6) is 0.591. The van der Waals surface area contributed by atoms with E-state index in [2.05, 4.69) is 5.32 Å². The lowest BCUT2D eigenvalue weighted by Gasteiger charge is -2.33. The first-order chi connectivity index (χ1) is 12.1. The fourth-order valence-electron chi connectivity index (χ4n) is 2.70. The molecule has 1 unspecified atom stereocenters. The number of carbonyl (C=O) groups excluding carboxylic acids is 2. The van der Waals surface area contributed by atoms with Gasteiger partial charge in [0.1, 0.15) is 11.9 Å². The van der Waals surface area contributed by atoms with Crippen LogP contribution in [0.1, 0.15) is 40.5 Å². The summed E-state index contributed by atoms with van der Waals surface area (Å²) in [5.41, 5.74) is -0.406. The van der Waals surface area contributed by atoms with Crippen LogP contribution in [0.5, 0.6) is 5.75 Å². The average Bonchev–Trinajstić information content (AvgIpc) is 2.55. The van der Waals surface area contributed by atoms with Gasteiger partial charge in [0.25, 0.3) is 5.91 Å². The minimum atomic E-state index is -0.814. The molecule has 2 rings (SSSR count). The number of nitrogens with zero attached hydrogens (tertiary/aromatic N) is 1. The van der Waals surface area contributed by atoms with E-state index in [4.69, 9.17) is 21.1 Å². The molecule has 1 aliphatic rings. The zero-order valence-corrected chi connectivity index (χ0v) is 16.5. The third-order valence-corrected chi connectivity index (χ3v) is 4.23. The Morgan fingerprint density at radius 2 is 1.77 bits per heavy atom. The van der Waals surface area contributed by atoms with E-state index in [-0.39, 0.29) is 12.0 Å². The van der Waals surface area contributed by atoms with E-state index in [1.54, 1.807) is 24.0 Å². The summed E-state index contributed by atoms with van der Waals surface area (Å²) in [5, 5.41) is 3.35. The third-order valence-electron chi connectivity index (χ3n) is 3.98. The van der Waals surface area contributed by atoms with Crippen LogP contribution in [0.15, 0.2) is 24.3 Å². The van der Waals surface area contributed by atoms with Crippen molar-refractivity contribution in [1.82, 2.24) is 10.2 Å². The van der Waals surface area contributed by atoms with Gasteiger partial charge in [0.2, 0.25) is 0 Å². The van der Waals surface area contributed by atoms with E-state index in [9.17, 15) is 9.59 Å².